The normalized spacial score (nSPS) is 14.9. The number of ketones is 1. The lowest BCUT2D eigenvalue weighted by Gasteiger charge is -2.13. The van der Waals surface area contributed by atoms with Crippen LogP contribution < -0.4 is 4.74 Å². The number of hydrogen-bond acceptors (Lipinski definition) is 3. The Hall–Kier alpha value is -1.51. The van der Waals surface area contributed by atoms with Gasteiger partial charge in [-0.2, -0.15) is 0 Å². The largest absolute Gasteiger partial charge is 0.508 e. The quantitative estimate of drug-likeness (QED) is 0.793. The van der Waals surface area contributed by atoms with Crippen LogP contribution in [0.15, 0.2) is 12.1 Å². The third kappa shape index (κ3) is 2.03. The molecule has 1 N–H and O–H groups in total. The van der Waals surface area contributed by atoms with Crippen molar-refractivity contribution in [2.45, 2.75) is 26.2 Å². The van der Waals surface area contributed by atoms with E-state index in [4.69, 9.17) is 4.74 Å². The molecule has 0 bridgehead atoms. The second-order valence-electron chi connectivity index (χ2n) is 4.35. The molecule has 0 radical (unpaired) electrons. The van der Waals surface area contributed by atoms with Crippen LogP contribution in [-0.2, 0) is 6.42 Å². The van der Waals surface area contributed by atoms with Gasteiger partial charge in [0, 0.05) is 5.56 Å². The number of carbonyl (C=O) groups excluding carboxylic acids is 1. The molecular weight excluding hydrogens is 204 g/mol. The average Bonchev–Trinajstić information content (AvgIpc) is 3.04. The smallest absolute Gasteiger partial charge is 0.163 e. The van der Waals surface area contributed by atoms with Gasteiger partial charge in [-0.05, 0) is 44.2 Å². The molecule has 1 fully saturated rings. The molecule has 0 saturated heterocycles. The van der Waals surface area contributed by atoms with Crippen LogP contribution in [0.25, 0.3) is 0 Å². The van der Waals surface area contributed by atoms with Crippen LogP contribution in [0.3, 0.4) is 0 Å². The number of benzene rings is 1. The fourth-order valence-electron chi connectivity index (χ4n) is 1.94. The molecule has 16 heavy (non-hydrogen) atoms. The van der Waals surface area contributed by atoms with Gasteiger partial charge in [0.25, 0.3) is 0 Å². The number of phenolic OH excluding ortho intramolecular Hbond substituents is 1. The molecule has 1 aromatic carbocycles. The molecule has 1 saturated carbocycles. The van der Waals surface area contributed by atoms with E-state index in [9.17, 15) is 9.90 Å². The average molecular weight is 220 g/mol. The van der Waals surface area contributed by atoms with E-state index in [-0.39, 0.29) is 11.5 Å². The number of rotatable bonds is 4. The maximum Gasteiger partial charge on any atom is 0.163 e. The topological polar surface area (TPSA) is 46.5 Å². The van der Waals surface area contributed by atoms with Gasteiger partial charge >= 0.3 is 0 Å². The van der Waals surface area contributed by atoms with Crippen molar-refractivity contribution in [3.63, 3.8) is 0 Å². The summed E-state index contributed by atoms with van der Waals surface area (Å²) in [5, 5.41) is 9.81. The number of Topliss-reactive ketones (excluding diaryl/α,β-unsaturated/α-hetero) is 1. The summed E-state index contributed by atoms with van der Waals surface area (Å²) in [6, 6.07) is 3.20. The SMILES string of the molecule is COc1c(C(C)=O)ccc(O)c1CC1CC1. The summed E-state index contributed by atoms with van der Waals surface area (Å²) in [4.78, 5) is 11.4. The molecule has 86 valence electrons. The number of carbonyl (C=O) groups is 1. The molecule has 0 aromatic heterocycles. The predicted octanol–water partition coefficient (Wildman–Crippen LogP) is 2.56. The summed E-state index contributed by atoms with van der Waals surface area (Å²) in [5.74, 6) is 1.38. The standard InChI is InChI=1S/C13H16O3/c1-8(14)10-5-6-12(15)11(13(10)16-2)7-9-3-4-9/h5-6,9,15H,3-4,7H2,1-2H3. The van der Waals surface area contributed by atoms with Gasteiger partial charge in [0.1, 0.15) is 11.5 Å². The van der Waals surface area contributed by atoms with E-state index < -0.39 is 0 Å². The van der Waals surface area contributed by atoms with Crippen LogP contribution in [0.4, 0.5) is 0 Å². The van der Waals surface area contributed by atoms with Gasteiger partial charge in [0.15, 0.2) is 5.78 Å². The van der Waals surface area contributed by atoms with Crippen LogP contribution in [0, 0.1) is 5.92 Å². The minimum absolute atomic E-state index is 0.0334. The Morgan fingerprint density at radius 2 is 2.19 bits per heavy atom. The summed E-state index contributed by atoms with van der Waals surface area (Å²) in [6.45, 7) is 1.51. The van der Waals surface area contributed by atoms with E-state index in [1.807, 2.05) is 0 Å². The number of ether oxygens (including phenoxy) is 1. The maximum atomic E-state index is 11.4. The summed E-state index contributed by atoms with van der Waals surface area (Å²) < 4.78 is 5.27. The third-order valence-corrected chi connectivity index (χ3v) is 3.01. The highest BCUT2D eigenvalue weighted by molar-refractivity contribution is 5.97. The fraction of sp³-hybridized carbons (Fsp3) is 0.462. The second-order valence-corrected chi connectivity index (χ2v) is 4.35. The molecule has 0 spiro atoms. The van der Waals surface area contributed by atoms with Gasteiger partial charge in [0.2, 0.25) is 0 Å². The summed E-state index contributed by atoms with van der Waals surface area (Å²) in [5.41, 5.74) is 1.33. The first-order chi connectivity index (χ1) is 7.63. The van der Waals surface area contributed by atoms with E-state index >= 15 is 0 Å². The Morgan fingerprint density at radius 3 is 2.69 bits per heavy atom. The Bertz CT molecular complexity index is 419. The molecule has 1 aliphatic carbocycles. The Kier molecular flexibility index (Phi) is 2.86. The molecule has 0 heterocycles. The molecule has 1 aliphatic rings. The van der Waals surface area contributed by atoms with Crippen LogP contribution in [0.2, 0.25) is 0 Å². The molecule has 0 aliphatic heterocycles. The number of hydrogen-bond donors (Lipinski definition) is 1. The van der Waals surface area contributed by atoms with Gasteiger partial charge in [-0.1, -0.05) is 0 Å². The van der Waals surface area contributed by atoms with Crippen molar-refractivity contribution in [3.8, 4) is 11.5 Å². The molecule has 0 amide bonds. The maximum absolute atomic E-state index is 11.4. The highest BCUT2D eigenvalue weighted by Gasteiger charge is 2.26. The van der Waals surface area contributed by atoms with Gasteiger partial charge < -0.3 is 9.84 Å². The van der Waals surface area contributed by atoms with Gasteiger partial charge in [-0.3, -0.25) is 4.79 Å². The monoisotopic (exact) mass is 220 g/mol. The Morgan fingerprint density at radius 1 is 1.50 bits per heavy atom. The highest BCUT2D eigenvalue weighted by atomic mass is 16.5. The van der Waals surface area contributed by atoms with Crippen molar-refractivity contribution in [1.82, 2.24) is 0 Å². The first-order valence-electron chi connectivity index (χ1n) is 5.53. The van der Waals surface area contributed by atoms with Crippen molar-refractivity contribution in [3.05, 3.63) is 23.3 Å². The second kappa shape index (κ2) is 4.16. The lowest BCUT2D eigenvalue weighted by atomic mass is 10.0. The molecule has 3 heteroatoms. The van der Waals surface area contributed by atoms with Crippen LogP contribution in [0.1, 0.15) is 35.7 Å². The Balaban J connectivity index is 2.45. The fourth-order valence-corrected chi connectivity index (χ4v) is 1.94. The van der Waals surface area contributed by atoms with Crippen molar-refractivity contribution >= 4 is 5.78 Å². The molecule has 2 rings (SSSR count). The van der Waals surface area contributed by atoms with Crippen molar-refractivity contribution in [2.75, 3.05) is 7.11 Å². The third-order valence-electron chi connectivity index (χ3n) is 3.01. The first-order valence-corrected chi connectivity index (χ1v) is 5.53. The van der Waals surface area contributed by atoms with E-state index in [1.54, 1.807) is 12.1 Å². The van der Waals surface area contributed by atoms with E-state index in [0.29, 0.717) is 17.2 Å². The van der Waals surface area contributed by atoms with Crippen molar-refractivity contribution < 1.29 is 14.6 Å². The van der Waals surface area contributed by atoms with Crippen LogP contribution in [-0.4, -0.2) is 18.0 Å². The molecule has 0 unspecified atom stereocenters. The zero-order valence-electron chi connectivity index (χ0n) is 9.62. The number of methoxy groups -OCH3 is 1. The van der Waals surface area contributed by atoms with Crippen LogP contribution >= 0.6 is 0 Å². The summed E-state index contributed by atoms with van der Waals surface area (Å²) >= 11 is 0. The first kappa shape index (κ1) is 11.0. The molecule has 3 nitrogen and oxygen atoms in total. The van der Waals surface area contributed by atoms with Crippen molar-refractivity contribution in [1.29, 1.82) is 0 Å². The highest BCUT2D eigenvalue weighted by Crippen LogP contribution is 2.40. The molecule has 0 atom stereocenters. The minimum Gasteiger partial charge on any atom is -0.508 e. The van der Waals surface area contributed by atoms with Gasteiger partial charge in [0.05, 0.1) is 12.7 Å². The molecule has 1 aromatic rings. The lowest BCUT2D eigenvalue weighted by molar-refractivity contribution is 0.101. The van der Waals surface area contributed by atoms with E-state index in [1.165, 1.54) is 26.9 Å². The van der Waals surface area contributed by atoms with Crippen LogP contribution in [0.5, 0.6) is 11.5 Å². The number of aromatic hydroxyl groups is 1. The van der Waals surface area contributed by atoms with Gasteiger partial charge in [-0.15, -0.1) is 0 Å². The summed E-state index contributed by atoms with van der Waals surface area (Å²) in [6.07, 6.45) is 3.20. The van der Waals surface area contributed by atoms with Gasteiger partial charge in [-0.25, -0.2) is 0 Å². The lowest BCUT2D eigenvalue weighted by Crippen LogP contribution is -2.02. The van der Waals surface area contributed by atoms with Crippen molar-refractivity contribution in [2.24, 2.45) is 5.92 Å². The van der Waals surface area contributed by atoms with E-state index in [2.05, 4.69) is 0 Å². The zero-order valence-corrected chi connectivity index (χ0v) is 9.62. The summed E-state index contributed by atoms with van der Waals surface area (Å²) in [7, 11) is 1.54. The molecular formula is C13H16O3. The Labute approximate surface area is 95.0 Å². The predicted molar refractivity (Wildman–Crippen MR) is 61.1 cm³/mol. The number of phenols is 1. The van der Waals surface area contributed by atoms with E-state index in [0.717, 1.165) is 12.0 Å². The zero-order chi connectivity index (χ0) is 11.7. The minimum atomic E-state index is -0.0334.